The number of rotatable bonds is 0. The molecule has 1 aliphatic heterocycles. The van der Waals surface area contributed by atoms with Gasteiger partial charge < -0.3 is 5.32 Å². The van der Waals surface area contributed by atoms with Crippen molar-refractivity contribution in [2.45, 2.75) is 49.9 Å². The van der Waals surface area contributed by atoms with Crippen LogP contribution in [-0.2, 0) is 9.84 Å². The first-order valence-electron chi connectivity index (χ1n) is 6.88. The normalized spacial score (nSPS) is 35.2. The van der Waals surface area contributed by atoms with Gasteiger partial charge in [0.25, 0.3) is 0 Å². The van der Waals surface area contributed by atoms with Crippen LogP contribution >= 0.6 is 0 Å². The van der Waals surface area contributed by atoms with Crippen LogP contribution in [0.25, 0.3) is 0 Å². The summed E-state index contributed by atoms with van der Waals surface area (Å²) in [5.74, 6) is 0.547. The van der Waals surface area contributed by atoms with Gasteiger partial charge in [0.05, 0.1) is 11.0 Å². The highest BCUT2D eigenvalue weighted by molar-refractivity contribution is 7.92. The maximum absolute atomic E-state index is 12.5. The first kappa shape index (κ1) is 13.1. The third kappa shape index (κ3) is 2.11. The van der Waals surface area contributed by atoms with Crippen molar-refractivity contribution in [3.63, 3.8) is 0 Å². The summed E-state index contributed by atoms with van der Waals surface area (Å²) in [4.78, 5) is 0. The molecule has 1 aromatic carbocycles. The van der Waals surface area contributed by atoms with Crippen molar-refractivity contribution in [2.75, 3.05) is 5.75 Å². The quantitative estimate of drug-likeness (QED) is 0.793. The van der Waals surface area contributed by atoms with E-state index in [9.17, 15) is 8.42 Å². The molecule has 3 nitrogen and oxygen atoms in total. The number of fused-ring (bicyclic) bond motifs is 3. The molecule has 1 aromatic rings. The second-order valence-corrected chi connectivity index (χ2v) is 8.84. The third-order valence-corrected chi connectivity index (χ3v) is 6.90. The van der Waals surface area contributed by atoms with E-state index in [4.69, 9.17) is 0 Å². The minimum atomic E-state index is -3.03. The Labute approximate surface area is 115 Å². The van der Waals surface area contributed by atoms with Crippen LogP contribution in [0.1, 0.15) is 50.3 Å². The zero-order valence-electron chi connectivity index (χ0n) is 11.7. The molecule has 0 saturated carbocycles. The lowest BCUT2D eigenvalue weighted by molar-refractivity contribution is 0.305. The van der Waals surface area contributed by atoms with Crippen molar-refractivity contribution < 1.29 is 8.42 Å². The Morgan fingerprint density at radius 3 is 2.53 bits per heavy atom. The van der Waals surface area contributed by atoms with Gasteiger partial charge in [-0.25, -0.2) is 8.42 Å². The van der Waals surface area contributed by atoms with E-state index in [1.54, 1.807) is 0 Å². The van der Waals surface area contributed by atoms with Gasteiger partial charge in [-0.1, -0.05) is 31.2 Å². The van der Waals surface area contributed by atoms with Gasteiger partial charge in [0.15, 0.2) is 9.84 Å². The molecule has 3 atom stereocenters. The van der Waals surface area contributed by atoms with Crippen LogP contribution in [0.4, 0.5) is 0 Å². The predicted octanol–water partition coefficient (Wildman–Crippen LogP) is 2.40. The largest absolute Gasteiger partial charge is 0.303 e. The fourth-order valence-electron chi connectivity index (χ4n) is 3.65. The Kier molecular flexibility index (Phi) is 2.81. The van der Waals surface area contributed by atoms with Gasteiger partial charge in [-0.05, 0) is 37.3 Å². The molecule has 1 fully saturated rings. The Bertz CT molecular complexity index is 606. The number of nitrogens with one attached hydrogen (secondary N) is 1. The van der Waals surface area contributed by atoms with E-state index in [-0.39, 0.29) is 22.6 Å². The smallest absolute Gasteiger partial charge is 0.156 e. The second-order valence-electron chi connectivity index (χ2n) is 6.62. The molecule has 0 aromatic heterocycles. The molecule has 1 saturated heterocycles. The summed E-state index contributed by atoms with van der Waals surface area (Å²) in [7, 11) is -3.03. The fraction of sp³-hybridized carbons (Fsp3) is 0.600. The van der Waals surface area contributed by atoms with Crippen LogP contribution in [0.5, 0.6) is 0 Å². The van der Waals surface area contributed by atoms with Crippen LogP contribution in [0.15, 0.2) is 24.3 Å². The molecule has 3 rings (SSSR count). The lowest BCUT2D eigenvalue weighted by Crippen LogP contribution is -2.59. The Balaban J connectivity index is 2.14. The van der Waals surface area contributed by atoms with E-state index < -0.39 is 9.84 Å². The van der Waals surface area contributed by atoms with E-state index in [1.807, 2.05) is 26.0 Å². The lowest BCUT2D eigenvalue weighted by atomic mass is 9.79. The third-order valence-electron chi connectivity index (χ3n) is 4.39. The van der Waals surface area contributed by atoms with Gasteiger partial charge >= 0.3 is 0 Å². The van der Waals surface area contributed by atoms with E-state index in [2.05, 4.69) is 24.4 Å². The average Bonchev–Trinajstić information content (AvgIpc) is 2.30. The molecule has 0 amide bonds. The minimum absolute atomic E-state index is 0.0545. The highest BCUT2D eigenvalue weighted by atomic mass is 32.2. The summed E-state index contributed by atoms with van der Waals surface area (Å²) >= 11 is 0. The molecule has 1 aliphatic carbocycles. The molecule has 19 heavy (non-hydrogen) atoms. The van der Waals surface area contributed by atoms with E-state index in [0.29, 0.717) is 5.92 Å². The van der Waals surface area contributed by atoms with Crippen molar-refractivity contribution in [3.8, 4) is 0 Å². The highest BCUT2D eigenvalue weighted by Crippen LogP contribution is 2.44. The average molecular weight is 279 g/mol. The molecular formula is C15H21NO2S. The number of hydrogen-bond acceptors (Lipinski definition) is 3. The lowest BCUT2D eigenvalue weighted by Gasteiger charge is -2.46. The summed E-state index contributed by atoms with van der Waals surface area (Å²) in [6.07, 6.45) is 0.729. The fourth-order valence-corrected chi connectivity index (χ4v) is 6.17. The molecule has 0 spiro atoms. The second kappa shape index (κ2) is 4.06. The minimum Gasteiger partial charge on any atom is -0.303 e. The topological polar surface area (TPSA) is 46.2 Å². The predicted molar refractivity (Wildman–Crippen MR) is 77.0 cm³/mol. The summed E-state index contributed by atoms with van der Waals surface area (Å²) in [5.41, 5.74) is 2.11. The Morgan fingerprint density at radius 2 is 1.84 bits per heavy atom. The molecule has 3 unspecified atom stereocenters. The highest BCUT2D eigenvalue weighted by Gasteiger charge is 2.48. The number of sulfone groups is 1. The summed E-state index contributed by atoms with van der Waals surface area (Å²) in [5, 5.41) is 3.28. The summed E-state index contributed by atoms with van der Waals surface area (Å²) < 4.78 is 25.1. The zero-order valence-corrected chi connectivity index (χ0v) is 12.5. The number of hydrogen-bond donors (Lipinski definition) is 1. The van der Waals surface area contributed by atoms with Crippen molar-refractivity contribution in [3.05, 3.63) is 35.4 Å². The summed E-state index contributed by atoms with van der Waals surface area (Å²) in [6, 6.07) is 8.20. The van der Waals surface area contributed by atoms with Gasteiger partial charge in [-0.2, -0.15) is 0 Å². The molecule has 1 N–H and O–H groups in total. The molecule has 2 aliphatic rings. The molecule has 1 heterocycles. The van der Waals surface area contributed by atoms with Gasteiger partial charge in [0.2, 0.25) is 0 Å². The van der Waals surface area contributed by atoms with Gasteiger partial charge in [-0.3, -0.25) is 0 Å². The van der Waals surface area contributed by atoms with Crippen molar-refractivity contribution in [1.29, 1.82) is 0 Å². The standard InChI is InChI=1S/C15H21NO2S/c1-10-8-13-14(12-7-5-4-6-11(10)12)16-15(2,3)9-19(13,17)18/h4-7,10,13-14,16H,8-9H2,1-3H3. The van der Waals surface area contributed by atoms with Crippen molar-refractivity contribution in [1.82, 2.24) is 5.32 Å². The molecule has 0 radical (unpaired) electrons. The zero-order chi connectivity index (χ0) is 13.8. The van der Waals surface area contributed by atoms with Crippen molar-refractivity contribution in [2.24, 2.45) is 0 Å². The van der Waals surface area contributed by atoms with Gasteiger partial charge in [-0.15, -0.1) is 0 Å². The first-order valence-corrected chi connectivity index (χ1v) is 8.60. The maximum Gasteiger partial charge on any atom is 0.156 e. The van der Waals surface area contributed by atoms with Crippen LogP contribution in [0.2, 0.25) is 0 Å². The van der Waals surface area contributed by atoms with Gasteiger partial charge in [0.1, 0.15) is 0 Å². The van der Waals surface area contributed by atoms with Crippen LogP contribution in [0, 0.1) is 0 Å². The maximum atomic E-state index is 12.5. The van der Waals surface area contributed by atoms with E-state index >= 15 is 0 Å². The van der Waals surface area contributed by atoms with E-state index in [1.165, 1.54) is 11.1 Å². The molecule has 104 valence electrons. The van der Waals surface area contributed by atoms with Crippen LogP contribution in [-0.4, -0.2) is 25.0 Å². The number of benzene rings is 1. The van der Waals surface area contributed by atoms with Gasteiger partial charge in [0, 0.05) is 11.6 Å². The van der Waals surface area contributed by atoms with Crippen LogP contribution in [0.3, 0.4) is 0 Å². The SMILES string of the molecule is CC1CC2C(NC(C)(C)CS2(=O)=O)c2ccccc21. The Hall–Kier alpha value is -0.870. The monoisotopic (exact) mass is 279 g/mol. The van der Waals surface area contributed by atoms with E-state index in [0.717, 1.165) is 6.42 Å². The molecule has 0 bridgehead atoms. The van der Waals surface area contributed by atoms with Crippen molar-refractivity contribution >= 4 is 9.84 Å². The molecule has 4 heteroatoms. The molecular weight excluding hydrogens is 258 g/mol. The van der Waals surface area contributed by atoms with Crippen LogP contribution < -0.4 is 5.32 Å². The Morgan fingerprint density at radius 1 is 1.21 bits per heavy atom. The summed E-state index contributed by atoms with van der Waals surface area (Å²) in [6.45, 7) is 6.08. The first-order chi connectivity index (χ1) is 8.80.